The maximum absolute atomic E-state index is 12.3. The van der Waals surface area contributed by atoms with Crippen molar-refractivity contribution in [2.45, 2.75) is 18.7 Å². The zero-order chi connectivity index (χ0) is 15.2. The highest BCUT2D eigenvalue weighted by Crippen LogP contribution is 2.29. The molecule has 2 aromatic heterocycles. The van der Waals surface area contributed by atoms with Crippen molar-refractivity contribution >= 4 is 31.8 Å². The molecule has 0 atom stereocenters. The number of aryl methyl sites for hydroxylation is 2. The van der Waals surface area contributed by atoms with E-state index in [9.17, 15) is 8.42 Å². The Morgan fingerprint density at radius 3 is 2.24 bits per heavy atom. The highest BCUT2D eigenvalue weighted by Gasteiger charge is 2.18. The summed E-state index contributed by atoms with van der Waals surface area (Å²) in [6, 6.07) is 8.96. The second-order valence-corrected chi connectivity index (χ2v) is 6.81. The minimum Gasteiger partial charge on any atom is -0.251 e. The van der Waals surface area contributed by atoms with E-state index in [0.29, 0.717) is 10.9 Å². The van der Waals surface area contributed by atoms with E-state index in [2.05, 4.69) is 14.7 Å². The van der Waals surface area contributed by atoms with Crippen LogP contribution >= 0.6 is 0 Å². The average Bonchev–Trinajstić information content (AvgIpc) is 2.46. The van der Waals surface area contributed by atoms with E-state index in [-0.39, 0.29) is 4.90 Å². The minimum absolute atomic E-state index is 0.227. The summed E-state index contributed by atoms with van der Waals surface area (Å²) in [5.74, 6) is 0. The van der Waals surface area contributed by atoms with Crippen LogP contribution in [-0.2, 0) is 10.0 Å². The van der Waals surface area contributed by atoms with E-state index < -0.39 is 10.0 Å². The Morgan fingerprint density at radius 1 is 0.952 bits per heavy atom. The van der Waals surface area contributed by atoms with E-state index in [0.717, 1.165) is 22.3 Å². The van der Waals surface area contributed by atoms with Gasteiger partial charge in [0.1, 0.15) is 0 Å². The van der Waals surface area contributed by atoms with Crippen LogP contribution in [0.5, 0.6) is 0 Å². The normalized spacial score (nSPS) is 12.1. The second-order valence-electron chi connectivity index (χ2n) is 4.96. The molecule has 3 rings (SSSR count). The van der Waals surface area contributed by atoms with Crippen molar-refractivity contribution in [2.24, 2.45) is 0 Å². The van der Waals surface area contributed by atoms with Crippen LogP contribution in [0.3, 0.4) is 0 Å². The number of nitrogens with one attached hydrogen (secondary N) is 1. The fraction of sp³-hybridized carbons (Fsp3) is 0.200. The van der Waals surface area contributed by atoms with Crippen molar-refractivity contribution in [3.05, 3.63) is 41.7 Å². The minimum atomic E-state index is -3.56. The highest BCUT2D eigenvalue weighted by molar-refractivity contribution is 7.89. The van der Waals surface area contributed by atoms with E-state index in [1.54, 1.807) is 18.2 Å². The lowest BCUT2D eigenvalue weighted by Crippen LogP contribution is -2.19. The molecule has 1 N–H and O–H groups in total. The van der Waals surface area contributed by atoms with Crippen molar-refractivity contribution in [1.29, 1.82) is 0 Å². The zero-order valence-corrected chi connectivity index (χ0v) is 12.8. The number of pyridine rings is 2. The first-order valence-corrected chi connectivity index (χ1v) is 8.02. The third-order valence-electron chi connectivity index (χ3n) is 3.43. The van der Waals surface area contributed by atoms with Gasteiger partial charge in [-0.2, -0.15) is 0 Å². The number of fused-ring (bicyclic) bond motifs is 3. The summed E-state index contributed by atoms with van der Waals surface area (Å²) in [6.45, 7) is 3.78. The summed E-state index contributed by atoms with van der Waals surface area (Å²) in [6.07, 6.45) is 0. The second kappa shape index (κ2) is 4.75. The molecule has 108 valence electrons. The van der Waals surface area contributed by atoms with E-state index in [4.69, 9.17) is 0 Å². The summed E-state index contributed by atoms with van der Waals surface area (Å²) in [7, 11) is -2.15. The summed E-state index contributed by atoms with van der Waals surface area (Å²) in [5.41, 5.74) is 3.04. The topological polar surface area (TPSA) is 72.0 Å². The maximum Gasteiger partial charge on any atom is 0.241 e. The Labute approximate surface area is 123 Å². The fourth-order valence-corrected chi connectivity index (χ4v) is 3.32. The number of nitrogens with zero attached hydrogens (tertiary/aromatic N) is 2. The van der Waals surface area contributed by atoms with E-state index in [1.165, 1.54) is 7.05 Å². The number of aromatic nitrogens is 2. The van der Waals surface area contributed by atoms with Gasteiger partial charge < -0.3 is 0 Å². The Hall–Kier alpha value is -2.05. The maximum atomic E-state index is 12.3. The quantitative estimate of drug-likeness (QED) is 0.737. The zero-order valence-electron chi connectivity index (χ0n) is 12.0. The molecular formula is C15H15N3O2S. The lowest BCUT2D eigenvalue weighted by atomic mass is 10.1. The third-order valence-corrected chi connectivity index (χ3v) is 4.89. The number of benzene rings is 1. The SMILES string of the molecule is CNS(=O)(=O)c1cc2ccc(C)nc2c2nc(C)ccc12. The van der Waals surface area contributed by atoms with Gasteiger partial charge in [0.15, 0.2) is 0 Å². The predicted molar refractivity (Wildman–Crippen MR) is 82.8 cm³/mol. The molecule has 0 bridgehead atoms. The molecule has 0 fully saturated rings. The van der Waals surface area contributed by atoms with Crippen molar-refractivity contribution in [3.8, 4) is 0 Å². The van der Waals surface area contributed by atoms with Crippen molar-refractivity contribution < 1.29 is 8.42 Å². The molecule has 6 heteroatoms. The molecule has 0 saturated heterocycles. The van der Waals surface area contributed by atoms with Crippen LogP contribution in [0.4, 0.5) is 0 Å². The fourth-order valence-electron chi connectivity index (χ4n) is 2.36. The lowest BCUT2D eigenvalue weighted by Gasteiger charge is -2.10. The molecule has 5 nitrogen and oxygen atoms in total. The molecule has 1 aromatic carbocycles. The smallest absolute Gasteiger partial charge is 0.241 e. The first kappa shape index (κ1) is 13.9. The molecule has 2 heterocycles. The van der Waals surface area contributed by atoms with Gasteiger partial charge in [-0.15, -0.1) is 0 Å². The molecule has 3 aromatic rings. The Morgan fingerprint density at radius 2 is 1.57 bits per heavy atom. The first-order valence-electron chi connectivity index (χ1n) is 6.53. The van der Waals surface area contributed by atoms with Gasteiger partial charge in [0, 0.05) is 22.2 Å². The number of sulfonamides is 1. The number of hydrogen-bond donors (Lipinski definition) is 1. The number of hydrogen-bond acceptors (Lipinski definition) is 4. The predicted octanol–water partition coefficient (Wildman–Crippen LogP) is 2.31. The van der Waals surface area contributed by atoms with Gasteiger partial charge in [0.2, 0.25) is 10.0 Å². The van der Waals surface area contributed by atoms with Crippen molar-refractivity contribution in [2.75, 3.05) is 7.05 Å². The average molecular weight is 301 g/mol. The van der Waals surface area contributed by atoms with Crippen LogP contribution in [0, 0.1) is 13.8 Å². The van der Waals surface area contributed by atoms with E-state index in [1.807, 2.05) is 26.0 Å². The van der Waals surface area contributed by atoms with Gasteiger partial charge in [0.05, 0.1) is 15.9 Å². The van der Waals surface area contributed by atoms with Gasteiger partial charge in [-0.05, 0) is 45.2 Å². The van der Waals surface area contributed by atoms with Gasteiger partial charge >= 0.3 is 0 Å². The Bertz CT molecular complexity index is 965. The molecule has 0 spiro atoms. The summed E-state index contributed by atoms with van der Waals surface area (Å²) >= 11 is 0. The summed E-state index contributed by atoms with van der Waals surface area (Å²) in [4.78, 5) is 9.24. The lowest BCUT2D eigenvalue weighted by molar-refractivity contribution is 0.589. The Balaban J connectivity index is 2.58. The summed E-state index contributed by atoms with van der Waals surface area (Å²) < 4.78 is 26.9. The van der Waals surface area contributed by atoms with Crippen LogP contribution in [0.15, 0.2) is 35.2 Å². The molecule has 0 amide bonds. The van der Waals surface area contributed by atoms with Crippen molar-refractivity contribution in [1.82, 2.24) is 14.7 Å². The standard InChI is InChI=1S/C15H15N3O2S/c1-9-4-6-11-8-13(21(19,20)16-3)12-7-5-10(2)18-15(12)14(11)17-9/h4-8,16H,1-3H3. The van der Waals surface area contributed by atoms with Gasteiger partial charge in [0.25, 0.3) is 0 Å². The molecule has 0 unspecified atom stereocenters. The Kier molecular flexibility index (Phi) is 3.15. The number of rotatable bonds is 2. The molecule has 0 radical (unpaired) electrons. The van der Waals surface area contributed by atoms with Gasteiger partial charge in [-0.1, -0.05) is 6.07 Å². The molecular weight excluding hydrogens is 286 g/mol. The third kappa shape index (κ3) is 2.26. The molecule has 21 heavy (non-hydrogen) atoms. The van der Waals surface area contributed by atoms with Crippen LogP contribution in [-0.4, -0.2) is 25.4 Å². The van der Waals surface area contributed by atoms with Gasteiger partial charge in [-0.3, -0.25) is 9.97 Å². The summed E-state index contributed by atoms with van der Waals surface area (Å²) in [5, 5.41) is 1.35. The first-order chi connectivity index (χ1) is 9.92. The highest BCUT2D eigenvalue weighted by atomic mass is 32.2. The largest absolute Gasteiger partial charge is 0.251 e. The molecule has 0 aliphatic rings. The van der Waals surface area contributed by atoms with Crippen LogP contribution < -0.4 is 4.72 Å². The molecule has 0 aliphatic heterocycles. The molecule has 0 aliphatic carbocycles. The van der Waals surface area contributed by atoms with Crippen molar-refractivity contribution in [3.63, 3.8) is 0 Å². The van der Waals surface area contributed by atoms with Crippen LogP contribution in [0.1, 0.15) is 11.4 Å². The monoisotopic (exact) mass is 301 g/mol. The van der Waals surface area contributed by atoms with Crippen LogP contribution in [0.2, 0.25) is 0 Å². The van der Waals surface area contributed by atoms with Crippen LogP contribution in [0.25, 0.3) is 21.8 Å². The molecule has 0 saturated carbocycles. The van der Waals surface area contributed by atoms with Gasteiger partial charge in [-0.25, -0.2) is 13.1 Å². The van der Waals surface area contributed by atoms with E-state index >= 15 is 0 Å².